The molecule has 0 atom stereocenters. The number of hydrogen-bond acceptors (Lipinski definition) is 6. The Hall–Kier alpha value is -3.54. The van der Waals surface area contributed by atoms with Crippen molar-refractivity contribution in [2.75, 3.05) is 18.5 Å². The summed E-state index contributed by atoms with van der Waals surface area (Å²) in [6.45, 7) is 2.75. The fraction of sp³-hybridized carbons (Fsp3) is 0.182. The molecule has 0 bridgehead atoms. The Labute approximate surface area is 163 Å². The standard InChI is InChI=1S/C22H21N5O/c1-16-18(9-13-28-16)21-19(20-15-23-10-11-24-20)14-25-22(26-21)27(2)12-8-17-6-4-3-5-7-17/h3-7,9-11,13-15H,8,12H2,1-2H3. The summed E-state index contributed by atoms with van der Waals surface area (Å²) in [6.07, 6.45) is 9.45. The number of likely N-dealkylation sites (N-methyl/N-ethyl adjacent to an activating group) is 1. The summed E-state index contributed by atoms with van der Waals surface area (Å²) in [4.78, 5) is 20.1. The Morgan fingerprint density at radius 2 is 1.82 bits per heavy atom. The quantitative estimate of drug-likeness (QED) is 0.506. The van der Waals surface area contributed by atoms with Gasteiger partial charge in [0.05, 0.1) is 23.8 Å². The highest BCUT2D eigenvalue weighted by molar-refractivity contribution is 5.79. The van der Waals surface area contributed by atoms with E-state index >= 15 is 0 Å². The highest BCUT2D eigenvalue weighted by Gasteiger charge is 2.17. The van der Waals surface area contributed by atoms with Gasteiger partial charge in [0.1, 0.15) is 5.76 Å². The third-order valence-electron chi connectivity index (χ3n) is 4.65. The monoisotopic (exact) mass is 371 g/mol. The number of furan rings is 1. The van der Waals surface area contributed by atoms with Gasteiger partial charge in [-0.2, -0.15) is 0 Å². The largest absolute Gasteiger partial charge is 0.469 e. The molecule has 3 heterocycles. The van der Waals surface area contributed by atoms with Crippen LogP contribution in [0.5, 0.6) is 0 Å². The van der Waals surface area contributed by atoms with Gasteiger partial charge in [0, 0.05) is 43.3 Å². The van der Waals surface area contributed by atoms with Gasteiger partial charge in [-0.15, -0.1) is 0 Å². The van der Waals surface area contributed by atoms with E-state index in [9.17, 15) is 0 Å². The van der Waals surface area contributed by atoms with Gasteiger partial charge in [-0.25, -0.2) is 9.97 Å². The minimum Gasteiger partial charge on any atom is -0.469 e. The summed E-state index contributed by atoms with van der Waals surface area (Å²) in [6, 6.07) is 12.3. The molecule has 1 aromatic carbocycles. The van der Waals surface area contributed by atoms with Crippen LogP contribution in [0.25, 0.3) is 22.5 Å². The third kappa shape index (κ3) is 3.76. The predicted octanol–water partition coefficient (Wildman–Crippen LogP) is 4.18. The predicted molar refractivity (Wildman–Crippen MR) is 109 cm³/mol. The van der Waals surface area contributed by atoms with Crippen LogP contribution in [0.4, 0.5) is 5.95 Å². The normalized spacial score (nSPS) is 10.8. The first kappa shape index (κ1) is 17.9. The van der Waals surface area contributed by atoms with Crippen molar-refractivity contribution in [3.05, 3.63) is 78.8 Å². The van der Waals surface area contributed by atoms with Crippen molar-refractivity contribution in [3.63, 3.8) is 0 Å². The molecule has 3 aromatic heterocycles. The average molecular weight is 371 g/mol. The topological polar surface area (TPSA) is 67.9 Å². The fourth-order valence-corrected chi connectivity index (χ4v) is 3.06. The molecule has 0 saturated carbocycles. The number of rotatable bonds is 6. The Morgan fingerprint density at radius 3 is 2.54 bits per heavy atom. The lowest BCUT2D eigenvalue weighted by Gasteiger charge is -2.18. The molecule has 0 amide bonds. The minimum absolute atomic E-state index is 0.666. The lowest BCUT2D eigenvalue weighted by Crippen LogP contribution is -2.22. The highest BCUT2D eigenvalue weighted by Crippen LogP contribution is 2.32. The SMILES string of the molecule is Cc1occc1-c1nc(N(C)CCc2ccccc2)ncc1-c1cnccn1. The van der Waals surface area contributed by atoms with Crippen LogP contribution in [0.1, 0.15) is 11.3 Å². The average Bonchev–Trinajstić information content (AvgIpc) is 3.18. The second kappa shape index (κ2) is 8.00. The molecule has 4 aromatic rings. The molecule has 0 saturated heterocycles. The lowest BCUT2D eigenvalue weighted by atomic mass is 10.1. The number of hydrogen-bond donors (Lipinski definition) is 0. The number of anilines is 1. The Kier molecular flexibility index (Phi) is 5.10. The number of benzene rings is 1. The van der Waals surface area contributed by atoms with Crippen molar-refractivity contribution in [2.45, 2.75) is 13.3 Å². The molecule has 0 N–H and O–H groups in total. The lowest BCUT2D eigenvalue weighted by molar-refractivity contribution is 0.535. The summed E-state index contributed by atoms with van der Waals surface area (Å²) < 4.78 is 5.51. The van der Waals surface area contributed by atoms with Gasteiger partial charge in [-0.3, -0.25) is 9.97 Å². The van der Waals surface area contributed by atoms with E-state index in [0.717, 1.165) is 41.2 Å². The van der Waals surface area contributed by atoms with Crippen molar-refractivity contribution in [1.82, 2.24) is 19.9 Å². The van der Waals surface area contributed by atoms with E-state index in [-0.39, 0.29) is 0 Å². The van der Waals surface area contributed by atoms with Gasteiger partial charge in [0.25, 0.3) is 0 Å². The maximum atomic E-state index is 5.51. The molecule has 0 radical (unpaired) electrons. The molecule has 0 aliphatic rings. The zero-order chi connectivity index (χ0) is 19.3. The van der Waals surface area contributed by atoms with Gasteiger partial charge in [-0.1, -0.05) is 30.3 Å². The molecule has 140 valence electrons. The van der Waals surface area contributed by atoms with E-state index in [1.165, 1.54) is 5.56 Å². The minimum atomic E-state index is 0.666. The smallest absolute Gasteiger partial charge is 0.225 e. The Morgan fingerprint density at radius 1 is 0.964 bits per heavy atom. The summed E-state index contributed by atoms with van der Waals surface area (Å²) in [5.41, 5.74) is 4.58. The third-order valence-corrected chi connectivity index (χ3v) is 4.65. The van der Waals surface area contributed by atoms with Gasteiger partial charge in [-0.05, 0) is 25.0 Å². The van der Waals surface area contributed by atoms with Crippen LogP contribution < -0.4 is 4.90 Å². The number of aromatic nitrogens is 4. The van der Waals surface area contributed by atoms with E-state index in [4.69, 9.17) is 9.40 Å². The molecular weight excluding hydrogens is 350 g/mol. The molecule has 4 rings (SSSR count). The maximum absolute atomic E-state index is 5.51. The molecular formula is C22H21N5O. The molecule has 0 aliphatic carbocycles. The van der Waals surface area contributed by atoms with Crippen LogP contribution in [0.3, 0.4) is 0 Å². The van der Waals surface area contributed by atoms with Gasteiger partial charge in [0.2, 0.25) is 5.95 Å². The van der Waals surface area contributed by atoms with Crippen molar-refractivity contribution in [3.8, 4) is 22.5 Å². The van der Waals surface area contributed by atoms with Crippen molar-refractivity contribution in [2.24, 2.45) is 0 Å². The molecule has 0 spiro atoms. The van der Waals surface area contributed by atoms with Crippen LogP contribution >= 0.6 is 0 Å². The zero-order valence-corrected chi connectivity index (χ0v) is 15.9. The van der Waals surface area contributed by atoms with Crippen LogP contribution in [0.15, 0.2) is 71.9 Å². The van der Waals surface area contributed by atoms with Crippen LogP contribution in [-0.2, 0) is 6.42 Å². The molecule has 6 heteroatoms. The van der Waals surface area contributed by atoms with E-state index in [0.29, 0.717) is 5.95 Å². The first-order valence-electron chi connectivity index (χ1n) is 9.15. The van der Waals surface area contributed by atoms with E-state index in [2.05, 4.69) is 44.1 Å². The second-order valence-electron chi connectivity index (χ2n) is 6.57. The molecule has 0 aliphatic heterocycles. The first-order valence-corrected chi connectivity index (χ1v) is 9.15. The second-order valence-corrected chi connectivity index (χ2v) is 6.57. The van der Waals surface area contributed by atoms with E-state index in [1.54, 1.807) is 24.9 Å². The zero-order valence-electron chi connectivity index (χ0n) is 15.9. The van der Waals surface area contributed by atoms with Gasteiger partial charge < -0.3 is 9.32 Å². The van der Waals surface area contributed by atoms with Crippen molar-refractivity contribution < 1.29 is 4.42 Å². The van der Waals surface area contributed by atoms with Crippen LogP contribution in [0.2, 0.25) is 0 Å². The van der Waals surface area contributed by atoms with Crippen LogP contribution in [0, 0.1) is 6.92 Å². The van der Waals surface area contributed by atoms with E-state index in [1.807, 2.05) is 32.3 Å². The number of nitrogens with zero attached hydrogens (tertiary/aromatic N) is 5. The van der Waals surface area contributed by atoms with Crippen molar-refractivity contribution in [1.29, 1.82) is 0 Å². The summed E-state index contributed by atoms with van der Waals surface area (Å²) in [5, 5.41) is 0. The Bertz CT molecular complexity index is 1050. The van der Waals surface area contributed by atoms with Gasteiger partial charge >= 0.3 is 0 Å². The summed E-state index contributed by atoms with van der Waals surface area (Å²) >= 11 is 0. The van der Waals surface area contributed by atoms with Crippen molar-refractivity contribution >= 4 is 5.95 Å². The van der Waals surface area contributed by atoms with Crippen LogP contribution in [-0.4, -0.2) is 33.5 Å². The molecule has 28 heavy (non-hydrogen) atoms. The summed E-state index contributed by atoms with van der Waals surface area (Å²) in [7, 11) is 2.01. The highest BCUT2D eigenvalue weighted by atomic mass is 16.3. The van der Waals surface area contributed by atoms with E-state index < -0.39 is 0 Å². The Balaban J connectivity index is 1.67. The molecule has 0 unspecified atom stereocenters. The number of aryl methyl sites for hydroxylation is 1. The fourth-order valence-electron chi connectivity index (χ4n) is 3.06. The summed E-state index contributed by atoms with van der Waals surface area (Å²) in [5.74, 6) is 1.47. The molecule has 0 fully saturated rings. The van der Waals surface area contributed by atoms with Gasteiger partial charge in [0.15, 0.2) is 0 Å². The maximum Gasteiger partial charge on any atom is 0.225 e. The molecule has 6 nitrogen and oxygen atoms in total. The first-order chi connectivity index (χ1) is 13.7.